The van der Waals surface area contributed by atoms with Gasteiger partial charge in [-0.2, -0.15) is 0 Å². The molecule has 1 unspecified atom stereocenters. The summed E-state index contributed by atoms with van der Waals surface area (Å²) >= 11 is 1.36. The van der Waals surface area contributed by atoms with Gasteiger partial charge in [-0.3, -0.25) is 5.10 Å². The lowest BCUT2D eigenvalue weighted by Crippen LogP contribution is -1.90. The van der Waals surface area contributed by atoms with Crippen molar-refractivity contribution in [2.75, 3.05) is 0 Å². The maximum atomic E-state index is 13.7. The lowest BCUT2D eigenvalue weighted by Gasteiger charge is -2.01. The fourth-order valence-corrected chi connectivity index (χ4v) is 2.51. The van der Waals surface area contributed by atoms with E-state index in [1.165, 1.54) is 17.8 Å². The Labute approximate surface area is 124 Å². The second kappa shape index (κ2) is 5.65. The Bertz CT molecular complexity index is 756. The van der Waals surface area contributed by atoms with Crippen molar-refractivity contribution in [2.24, 2.45) is 0 Å². The summed E-state index contributed by atoms with van der Waals surface area (Å²) in [7, 11) is 0. The van der Waals surface area contributed by atoms with Crippen LogP contribution in [-0.4, -0.2) is 25.4 Å². The van der Waals surface area contributed by atoms with Gasteiger partial charge in [0.25, 0.3) is 0 Å². The summed E-state index contributed by atoms with van der Waals surface area (Å²) < 4.78 is 19.0. The quantitative estimate of drug-likeness (QED) is 0.746. The highest BCUT2D eigenvalue weighted by Gasteiger charge is 2.17. The van der Waals surface area contributed by atoms with Gasteiger partial charge in [-0.05, 0) is 19.1 Å². The number of H-pyrrole nitrogens is 1. The van der Waals surface area contributed by atoms with Crippen LogP contribution in [0.5, 0.6) is 0 Å². The van der Waals surface area contributed by atoms with E-state index in [-0.39, 0.29) is 11.1 Å². The van der Waals surface area contributed by atoms with Crippen LogP contribution in [0.4, 0.5) is 4.39 Å². The Morgan fingerprint density at radius 3 is 2.81 bits per heavy atom. The predicted octanol–water partition coefficient (Wildman–Crippen LogP) is 3.16. The normalized spacial score (nSPS) is 12.5. The van der Waals surface area contributed by atoms with E-state index in [4.69, 9.17) is 4.42 Å². The van der Waals surface area contributed by atoms with E-state index in [0.29, 0.717) is 28.3 Å². The average molecular weight is 305 g/mol. The number of hydrogen-bond donors (Lipinski definition) is 1. The molecule has 0 radical (unpaired) electrons. The van der Waals surface area contributed by atoms with Gasteiger partial charge in [0.1, 0.15) is 5.82 Å². The molecule has 108 valence electrons. The van der Waals surface area contributed by atoms with Gasteiger partial charge >= 0.3 is 0 Å². The number of aryl methyl sites for hydroxylation is 1. The molecule has 0 bridgehead atoms. The monoisotopic (exact) mass is 305 g/mol. The standard InChI is InChI=1S/C13H12FN5OS/c1-7(12-18-16-8(2)20-12)21-13-15-11(17-19-13)9-5-3-4-6-10(9)14/h3-7H,1-2H3,(H,15,17,19). The van der Waals surface area contributed by atoms with Gasteiger partial charge in [0.15, 0.2) is 5.82 Å². The van der Waals surface area contributed by atoms with Crippen LogP contribution >= 0.6 is 11.8 Å². The highest BCUT2D eigenvalue weighted by Crippen LogP contribution is 2.32. The molecule has 21 heavy (non-hydrogen) atoms. The number of rotatable bonds is 4. The van der Waals surface area contributed by atoms with Crippen LogP contribution in [0.3, 0.4) is 0 Å². The lowest BCUT2D eigenvalue weighted by molar-refractivity contribution is 0.470. The Morgan fingerprint density at radius 1 is 1.29 bits per heavy atom. The zero-order chi connectivity index (χ0) is 14.8. The summed E-state index contributed by atoms with van der Waals surface area (Å²) in [5, 5.41) is 15.0. The first-order valence-corrected chi connectivity index (χ1v) is 7.15. The number of nitrogens with zero attached hydrogens (tertiary/aromatic N) is 4. The number of halogens is 1. The molecule has 1 atom stereocenters. The van der Waals surface area contributed by atoms with Gasteiger partial charge in [-0.15, -0.1) is 15.3 Å². The number of thioether (sulfide) groups is 1. The van der Waals surface area contributed by atoms with Crippen LogP contribution < -0.4 is 0 Å². The molecular formula is C13H12FN5OS. The first kappa shape index (κ1) is 13.7. The van der Waals surface area contributed by atoms with E-state index in [1.807, 2.05) is 6.92 Å². The van der Waals surface area contributed by atoms with Gasteiger partial charge in [0, 0.05) is 6.92 Å². The number of aromatic nitrogens is 5. The molecule has 2 heterocycles. The van der Waals surface area contributed by atoms with Crippen molar-refractivity contribution in [1.29, 1.82) is 0 Å². The molecule has 8 heteroatoms. The van der Waals surface area contributed by atoms with Crippen LogP contribution in [0.15, 0.2) is 33.8 Å². The third-order valence-electron chi connectivity index (χ3n) is 2.77. The smallest absolute Gasteiger partial charge is 0.229 e. The Hall–Kier alpha value is -2.22. The second-order valence-corrected chi connectivity index (χ2v) is 5.67. The van der Waals surface area contributed by atoms with Crippen molar-refractivity contribution >= 4 is 11.8 Å². The van der Waals surface area contributed by atoms with Crippen molar-refractivity contribution in [1.82, 2.24) is 25.4 Å². The molecule has 3 aromatic rings. The summed E-state index contributed by atoms with van der Waals surface area (Å²) in [6, 6.07) is 6.41. The maximum Gasteiger partial charge on any atom is 0.229 e. The number of aromatic amines is 1. The zero-order valence-electron chi connectivity index (χ0n) is 11.4. The molecule has 1 N–H and O–H groups in total. The third kappa shape index (κ3) is 2.94. The first-order chi connectivity index (χ1) is 10.1. The van der Waals surface area contributed by atoms with Crippen LogP contribution in [0, 0.1) is 12.7 Å². The second-order valence-electron chi connectivity index (χ2n) is 4.37. The van der Waals surface area contributed by atoms with Crippen molar-refractivity contribution in [3.63, 3.8) is 0 Å². The Kier molecular flexibility index (Phi) is 3.70. The summed E-state index contributed by atoms with van der Waals surface area (Å²) in [4.78, 5) is 4.28. The van der Waals surface area contributed by atoms with Gasteiger partial charge in [0.05, 0.1) is 10.8 Å². The number of nitrogens with one attached hydrogen (secondary N) is 1. The van der Waals surface area contributed by atoms with Crippen molar-refractivity contribution in [2.45, 2.75) is 24.3 Å². The fourth-order valence-electron chi connectivity index (χ4n) is 1.76. The van der Waals surface area contributed by atoms with Gasteiger partial charge in [-0.1, -0.05) is 23.9 Å². The van der Waals surface area contributed by atoms with Crippen LogP contribution in [0.2, 0.25) is 0 Å². The Morgan fingerprint density at radius 2 is 2.10 bits per heavy atom. The van der Waals surface area contributed by atoms with Crippen LogP contribution in [-0.2, 0) is 0 Å². The van der Waals surface area contributed by atoms with E-state index < -0.39 is 0 Å². The van der Waals surface area contributed by atoms with Gasteiger partial charge < -0.3 is 4.42 Å². The molecule has 1 aromatic carbocycles. The molecular weight excluding hydrogens is 293 g/mol. The summed E-state index contributed by atoms with van der Waals surface area (Å²) in [6.45, 7) is 3.65. The van der Waals surface area contributed by atoms with E-state index in [1.54, 1.807) is 25.1 Å². The zero-order valence-corrected chi connectivity index (χ0v) is 12.2. The maximum absolute atomic E-state index is 13.7. The lowest BCUT2D eigenvalue weighted by atomic mass is 10.2. The summed E-state index contributed by atoms with van der Waals surface area (Å²) in [5.74, 6) is 1.07. The minimum absolute atomic E-state index is 0.0875. The van der Waals surface area contributed by atoms with Crippen molar-refractivity contribution in [3.8, 4) is 11.4 Å². The summed E-state index contributed by atoms with van der Waals surface area (Å²) in [6.07, 6.45) is 0. The van der Waals surface area contributed by atoms with Crippen LogP contribution in [0.25, 0.3) is 11.4 Å². The molecule has 0 amide bonds. The molecule has 0 fully saturated rings. The summed E-state index contributed by atoms with van der Waals surface area (Å²) in [5.41, 5.74) is 0.387. The minimum Gasteiger partial charge on any atom is -0.424 e. The molecule has 0 spiro atoms. The molecule has 2 aromatic heterocycles. The molecule has 0 aliphatic heterocycles. The van der Waals surface area contributed by atoms with E-state index in [2.05, 4.69) is 25.4 Å². The number of hydrogen-bond acceptors (Lipinski definition) is 6. The average Bonchev–Trinajstić information content (AvgIpc) is 3.08. The third-order valence-corrected chi connectivity index (χ3v) is 3.71. The van der Waals surface area contributed by atoms with E-state index >= 15 is 0 Å². The fraction of sp³-hybridized carbons (Fsp3) is 0.231. The molecule has 6 nitrogen and oxygen atoms in total. The SMILES string of the molecule is Cc1nnc(C(C)Sc2n[nH]c(-c3ccccc3F)n2)o1. The van der Waals surface area contributed by atoms with Crippen molar-refractivity contribution in [3.05, 3.63) is 41.9 Å². The topological polar surface area (TPSA) is 80.5 Å². The van der Waals surface area contributed by atoms with Crippen molar-refractivity contribution < 1.29 is 8.81 Å². The van der Waals surface area contributed by atoms with Gasteiger partial charge in [0.2, 0.25) is 16.9 Å². The predicted molar refractivity (Wildman–Crippen MR) is 75.1 cm³/mol. The highest BCUT2D eigenvalue weighted by molar-refractivity contribution is 7.99. The first-order valence-electron chi connectivity index (χ1n) is 6.27. The largest absolute Gasteiger partial charge is 0.424 e. The molecule has 3 rings (SSSR count). The molecule has 0 saturated heterocycles. The van der Waals surface area contributed by atoms with E-state index in [9.17, 15) is 4.39 Å². The molecule has 0 aliphatic carbocycles. The number of benzene rings is 1. The Balaban J connectivity index is 1.78. The minimum atomic E-state index is -0.342. The van der Waals surface area contributed by atoms with Gasteiger partial charge in [-0.25, -0.2) is 9.37 Å². The van der Waals surface area contributed by atoms with Crippen LogP contribution in [0.1, 0.15) is 24.0 Å². The molecule has 0 aliphatic rings. The highest BCUT2D eigenvalue weighted by atomic mass is 32.2. The molecule has 0 saturated carbocycles. The van der Waals surface area contributed by atoms with E-state index in [0.717, 1.165) is 0 Å².